The zero-order valence-electron chi connectivity index (χ0n) is 22.7. The first-order chi connectivity index (χ1) is 18.1. The summed E-state index contributed by atoms with van der Waals surface area (Å²) in [7, 11) is 0. The quantitative estimate of drug-likeness (QED) is 0.123. The average molecular weight is 535 g/mol. The summed E-state index contributed by atoms with van der Waals surface area (Å²) in [5.41, 5.74) is 18.1. The molecule has 1 aromatic rings. The third-order valence-electron chi connectivity index (χ3n) is 6.57. The zero-order chi connectivity index (χ0) is 28.5. The average Bonchev–Trinajstić information content (AvgIpc) is 2.90. The van der Waals surface area contributed by atoms with Crippen molar-refractivity contribution in [2.75, 3.05) is 13.1 Å². The fraction of sp³-hybridized carbons (Fsp3) is 0.630. The van der Waals surface area contributed by atoms with Crippen molar-refractivity contribution < 1.29 is 24.3 Å². The summed E-state index contributed by atoms with van der Waals surface area (Å²) < 4.78 is 0. The highest BCUT2D eigenvalue weighted by Crippen LogP contribution is 2.11. The van der Waals surface area contributed by atoms with Gasteiger partial charge in [0.25, 0.3) is 0 Å². The Balaban J connectivity index is 2.96. The molecule has 1 rings (SSSR count). The Morgan fingerprint density at radius 2 is 1.37 bits per heavy atom. The lowest BCUT2D eigenvalue weighted by molar-refractivity contribution is -0.142. The highest BCUT2D eigenvalue weighted by molar-refractivity contribution is 5.94. The minimum Gasteiger partial charge on any atom is -0.480 e. The monoisotopic (exact) mass is 534 g/mol. The van der Waals surface area contributed by atoms with Crippen LogP contribution >= 0.6 is 0 Å². The summed E-state index contributed by atoms with van der Waals surface area (Å²) in [5, 5.41) is 17.6. The molecule has 0 aliphatic carbocycles. The van der Waals surface area contributed by atoms with Gasteiger partial charge in [-0.3, -0.25) is 14.4 Å². The van der Waals surface area contributed by atoms with Crippen molar-refractivity contribution in [1.82, 2.24) is 16.0 Å². The SMILES string of the molecule is CCC(C)C(NC(=O)C(N)Cc1ccccc1)C(=O)NC(CCCCN)C(=O)NC(CCCCN)C(=O)O. The Hall–Kier alpha value is -3.02. The number of aliphatic carboxylic acids is 1. The van der Waals surface area contributed by atoms with Gasteiger partial charge in [0.15, 0.2) is 0 Å². The predicted molar refractivity (Wildman–Crippen MR) is 147 cm³/mol. The molecule has 0 bridgehead atoms. The van der Waals surface area contributed by atoms with Crippen LogP contribution in [0.15, 0.2) is 30.3 Å². The molecule has 5 unspecified atom stereocenters. The maximum absolute atomic E-state index is 13.3. The highest BCUT2D eigenvalue weighted by Gasteiger charge is 2.32. The lowest BCUT2D eigenvalue weighted by Gasteiger charge is -2.28. The minimum atomic E-state index is -1.15. The Kier molecular flexibility index (Phi) is 15.9. The number of benzene rings is 1. The van der Waals surface area contributed by atoms with E-state index in [0.717, 1.165) is 5.56 Å². The number of nitrogens with one attached hydrogen (secondary N) is 3. The summed E-state index contributed by atoms with van der Waals surface area (Å²) in [6.45, 7) is 4.57. The first kappa shape index (κ1) is 33.0. The number of amides is 3. The van der Waals surface area contributed by atoms with Crippen LogP contribution in [-0.4, -0.2) is 66.1 Å². The van der Waals surface area contributed by atoms with E-state index in [1.807, 2.05) is 44.2 Å². The summed E-state index contributed by atoms with van der Waals surface area (Å²) in [5.74, 6) is -2.98. The molecule has 0 radical (unpaired) electrons. The molecule has 0 aromatic heterocycles. The number of hydrogen-bond donors (Lipinski definition) is 7. The van der Waals surface area contributed by atoms with Crippen molar-refractivity contribution in [1.29, 1.82) is 0 Å². The van der Waals surface area contributed by atoms with Crippen LogP contribution in [0.3, 0.4) is 0 Å². The van der Waals surface area contributed by atoms with Crippen molar-refractivity contribution in [2.45, 2.75) is 89.4 Å². The highest BCUT2D eigenvalue weighted by atomic mass is 16.4. The molecule has 38 heavy (non-hydrogen) atoms. The summed E-state index contributed by atoms with van der Waals surface area (Å²) in [6, 6.07) is 5.49. The van der Waals surface area contributed by atoms with Crippen LogP contribution in [0.25, 0.3) is 0 Å². The standard InChI is InChI=1S/C27H46N6O5/c1-3-18(2)23(33-24(34)20(30)17-19-11-5-4-6-12-19)26(36)31-21(13-7-9-15-28)25(35)32-22(27(37)38)14-8-10-16-29/h4-6,11-12,18,20-23H,3,7-10,13-17,28-30H2,1-2H3,(H,31,36)(H,32,35)(H,33,34)(H,37,38). The molecule has 3 amide bonds. The minimum absolute atomic E-state index is 0.229. The van der Waals surface area contributed by atoms with E-state index in [1.165, 1.54) is 0 Å². The maximum atomic E-state index is 13.3. The lowest BCUT2D eigenvalue weighted by Crippen LogP contribution is -2.58. The Morgan fingerprint density at radius 3 is 1.89 bits per heavy atom. The van der Waals surface area contributed by atoms with Crippen molar-refractivity contribution in [3.63, 3.8) is 0 Å². The van der Waals surface area contributed by atoms with Gasteiger partial charge >= 0.3 is 5.97 Å². The Labute approximate surface area is 225 Å². The lowest BCUT2D eigenvalue weighted by atomic mass is 9.96. The number of carbonyl (C=O) groups is 4. The van der Waals surface area contributed by atoms with Crippen LogP contribution in [-0.2, 0) is 25.6 Å². The number of rotatable bonds is 19. The molecular weight excluding hydrogens is 488 g/mol. The Bertz CT molecular complexity index is 869. The van der Waals surface area contributed by atoms with E-state index in [-0.39, 0.29) is 18.8 Å². The van der Waals surface area contributed by atoms with Gasteiger partial charge in [-0.05, 0) is 69.5 Å². The van der Waals surface area contributed by atoms with E-state index in [2.05, 4.69) is 16.0 Å². The molecule has 0 saturated carbocycles. The molecule has 10 N–H and O–H groups in total. The van der Waals surface area contributed by atoms with Gasteiger partial charge < -0.3 is 38.3 Å². The third-order valence-corrected chi connectivity index (χ3v) is 6.57. The fourth-order valence-corrected chi connectivity index (χ4v) is 3.97. The number of carbonyl (C=O) groups excluding carboxylic acids is 3. The normalized spacial score (nSPS) is 15.0. The molecule has 5 atom stereocenters. The second-order valence-electron chi connectivity index (χ2n) is 9.70. The molecule has 0 fully saturated rings. The molecule has 214 valence electrons. The largest absolute Gasteiger partial charge is 0.480 e. The van der Waals surface area contributed by atoms with Gasteiger partial charge in [-0.15, -0.1) is 0 Å². The number of carboxylic acid groups (broad SMARTS) is 1. The number of unbranched alkanes of at least 4 members (excludes halogenated alkanes) is 2. The van der Waals surface area contributed by atoms with Crippen molar-refractivity contribution >= 4 is 23.7 Å². The van der Waals surface area contributed by atoms with Crippen LogP contribution in [0.1, 0.15) is 64.4 Å². The first-order valence-electron chi connectivity index (χ1n) is 13.5. The van der Waals surface area contributed by atoms with Crippen LogP contribution in [0.4, 0.5) is 0 Å². The van der Waals surface area contributed by atoms with E-state index in [1.54, 1.807) is 0 Å². The van der Waals surface area contributed by atoms with Crippen molar-refractivity contribution in [3.05, 3.63) is 35.9 Å². The van der Waals surface area contributed by atoms with Gasteiger partial charge in [-0.2, -0.15) is 0 Å². The van der Waals surface area contributed by atoms with Gasteiger partial charge in [0.1, 0.15) is 18.1 Å². The smallest absolute Gasteiger partial charge is 0.326 e. The maximum Gasteiger partial charge on any atom is 0.326 e. The molecule has 0 heterocycles. The van der Waals surface area contributed by atoms with E-state index < -0.39 is 47.9 Å². The van der Waals surface area contributed by atoms with Crippen LogP contribution in [0.5, 0.6) is 0 Å². The van der Waals surface area contributed by atoms with Gasteiger partial charge in [-0.1, -0.05) is 50.6 Å². The topological polar surface area (TPSA) is 203 Å². The summed E-state index contributed by atoms with van der Waals surface area (Å²) in [4.78, 5) is 51.0. The number of hydrogen-bond acceptors (Lipinski definition) is 7. The molecule has 11 nitrogen and oxygen atoms in total. The second-order valence-corrected chi connectivity index (χ2v) is 9.70. The fourth-order valence-electron chi connectivity index (χ4n) is 3.97. The molecule has 0 spiro atoms. The van der Waals surface area contributed by atoms with E-state index >= 15 is 0 Å². The van der Waals surface area contributed by atoms with Crippen molar-refractivity contribution in [3.8, 4) is 0 Å². The molecular formula is C27H46N6O5. The van der Waals surface area contributed by atoms with Gasteiger partial charge in [0.05, 0.1) is 6.04 Å². The van der Waals surface area contributed by atoms with Gasteiger partial charge in [-0.25, -0.2) is 4.79 Å². The molecule has 1 aromatic carbocycles. The van der Waals surface area contributed by atoms with E-state index in [9.17, 15) is 24.3 Å². The van der Waals surface area contributed by atoms with E-state index in [4.69, 9.17) is 17.2 Å². The number of nitrogens with two attached hydrogens (primary N) is 3. The van der Waals surface area contributed by atoms with Crippen molar-refractivity contribution in [2.24, 2.45) is 23.1 Å². The van der Waals surface area contributed by atoms with Crippen LogP contribution in [0, 0.1) is 5.92 Å². The number of carboxylic acids is 1. The third kappa shape index (κ3) is 12.0. The van der Waals surface area contributed by atoms with Crippen LogP contribution in [0.2, 0.25) is 0 Å². The summed E-state index contributed by atoms with van der Waals surface area (Å²) >= 11 is 0. The Morgan fingerprint density at radius 1 is 0.816 bits per heavy atom. The zero-order valence-corrected chi connectivity index (χ0v) is 22.7. The van der Waals surface area contributed by atoms with Gasteiger partial charge in [0.2, 0.25) is 17.7 Å². The molecule has 0 aliphatic rings. The van der Waals surface area contributed by atoms with Gasteiger partial charge in [0, 0.05) is 0 Å². The molecule has 0 saturated heterocycles. The second kappa shape index (κ2) is 18.3. The summed E-state index contributed by atoms with van der Waals surface area (Å²) in [6.07, 6.45) is 3.79. The molecule has 11 heteroatoms. The van der Waals surface area contributed by atoms with E-state index in [0.29, 0.717) is 51.6 Å². The van der Waals surface area contributed by atoms with Crippen LogP contribution < -0.4 is 33.2 Å². The molecule has 0 aliphatic heterocycles. The first-order valence-corrected chi connectivity index (χ1v) is 13.5. The predicted octanol–water partition coefficient (Wildman–Crippen LogP) is 0.400.